The smallest absolute Gasteiger partial charge is 0.270 e. The van der Waals surface area contributed by atoms with E-state index in [1.165, 1.54) is 6.20 Å². The van der Waals surface area contributed by atoms with Gasteiger partial charge in [-0.05, 0) is 31.0 Å². The van der Waals surface area contributed by atoms with Crippen LogP contribution in [-0.4, -0.2) is 10.9 Å². The van der Waals surface area contributed by atoms with Crippen molar-refractivity contribution in [3.8, 4) is 0 Å². The maximum Gasteiger partial charge on any atom is 0.270 e. The van der Waals surface area contributed by atoms with E-state index in [1.807, 2.05) is 25.3 Å². The highest BCUT2D eigenvalue weighted by atomic mass is 16.2. The predicted molar refractivity (Wildman–Crippen MR) is 65.7 cm³/mol. The van der Waals surface area contributed by atoms with E-state index in [0.29, 0.717) is 5.39 Å². The van der Waals surface area contributed by atoms with E-state index in [1.54, 1.807) is 6.07 Å². The van der Waals surface area contributed by atoms with Crippen molar-refractivity contribution in [2.24, 2.45) is 5.84 Å². The van der Waals surface area contributed by atoms with Crippen LogP contribution < -0.4 is 16.7 Å². The molecule has 4 N–H and O–H groups in total. The summed E-state index contributed by atoms with van der Waals surface area (Å²) in [6.45, 7) is 3.81. The first-order chi connectivity index (χ1) is 8.04. The minimum atomic E-state index is -0.590. The molecule has 1 aromatic heterocycles. The molecule has 1 amide bonds. The van der Waals surface area contributed by atoms with E-state index >= 15 is 0 Å². The normalized spacial score (nSPS) is 10.5. The van der Waals surface area contributed by atoms with Gasteiger partial charge in [-0.2, -0.15) is 0 Å². The molecule has 5 heteroatoms. The Morgan fingerprint density at radius 3 is 2.71 bits per heavy atom. The average Bonchev–Trinajstić information content (AvgIpc) is 2.29. The number of nitrogens with one attached hydrogen (secondary N) is 2. The quantitative estimate of drug-likeness (QED) is 0.384. The van der Waals surface area contributed by atoms with Crippen molar-refractivity contribution < 1.29 is 4.79 Å². The Morgan fingerprint density at radius 1 is 1.35 bits per heavy atom. The Morgan fingerprint density at radius 2 is 2.06 bits per heavy atom. The van der Waals surface area contributed by atoms with Gasteiger partial charge < -0.3 is 4.98 Å². The molecule has 2 rings (SSSR count). The molecule has 0 radical (unpaired) electrons. The first-order valence-corrected chi connectivity index (χ1v) is 5.18. The number of hydrazine groups is 1. The van der Waals surface area contributed by atoms with Crippen LogP contribution in [0.4, 0.5) is 0 Å². The van der Waals surface area contributed by atoms with Crippen LogP contribution in [0.3, 0.4) is 0 Å². The number of nitrogens with two attached hydrogens (primary N) is 1. The fraction of sp³-hybridized carbons (Fsp3) is 0.167. The maximum atomic E-state index is 12.1. The first-order valence-electron chi connectivity index (χ1n) is 5.18. The lowest BCUT2D eigenvalue weighted by Gasteiger charge is -2.06. The second-order valence-corrected chi connectivity index (χ2v) is 4.01. The molecule has 0 unspecified atom stereocenters. The number of hydrogen-bond acceptors (Lipinski definition) is 3. The molecule has 17 heavy (non-hydrogen) atoms. The highest BCUT2D eigenvalue weighted by molar-refractivity contribution is 5.97. The number of nitrogen functional groups attached to an aromatic ring is 1. The maximum absolute atomic E-state index is 12.1. The summed E-state index contributed by atoms with van der Waals surface area (Å²) < 4.78 is 0. The van der Waals surface area contributed by atoms with Crippen LogP contribution in [0, 0.1) is 13.8 Å². The van der Waals surface area contributed by atoms with Crippen molar-refractivity contribution in [3.63, 3.8) is 0 Å². The second-order valence-electron chi connectivity index (χ2n) is 4.01. The highest BCUT2D eigenvalue weighted by Crippen LogP contribution is 2.15. The standard InChI is InChI=1S/C12H13N3O2/c1-6-3-7(2)10-8(4-6)11(16)9(5-14-10)12(17)15-13/h3-5H,13H2,1-2H3,(H,14,16)(H,15,17). The fourth-order valence-corrected chi connectivity index (χ4v) is 1.94. The Balaban J connectivity index is 2.85. The number of aryl methyl sites for hydroxylation is 2. The van der Waals surface area contributed by atoms with Crippen LogP contribution in [0.2, 0.25) is 0 Å². The molecule has 0 aliphatic carbocycles. The van der Waals surface area contributed by atoms with Gasteiger partial charge in [-0.25, -0.2) is 5.84 Å². The molecule has 2 aromatic rings. The summed E-state index contributed by atoms with van der Waals surface area (Å²) in [5.74, 6) is 4.43. The molecule has 1 heterocycles. The summed E-state index contributed by atoms with van der Waals surface area (Å²) >= 11 is 0. The molecule has 1 aromatic carbocycles. The summed E-state index contributed by atoms with van der Waals surface area (Å²) in [6, 6.07) is 3.73. The number of rotatable bonds is 1. The van der Waals surface area contributed by atoms with E-state index in [0.717, 1.165) is 16.6 Å². The van der Waals surface area contributed by atoms with E-state index in [4.69, 9.17) is 5.84 Å². The average molecular weight is 231 g/mol. The summed E-state index contributed by atoms with van der Waals surface area (Å²) in [5, 5.41) is 0.503. The highest BCUT2D eigenvalue weighted by Gasteiger charge is 2.12. The molecule has 0 atom stereocenters. The minimum absolute atomic E-state index is 0.0185. The zero-order valence-corrected chi connectivity index (χ0v) is 9.63. The van der Waals surface area contributed by atoms with E-state index in [2.05, 4.69) is 4.98 Å². The van der Waals surface area contributed by atoms with Crippen LogP contribution in [0.25, 0.3) is 10.9 Å². The van der Waals surface area contributed by atoms with Crippen molar-refractivity contribution in [2.45, 2.75) is 13.8 Å². The van der Waals surface area contributed by atoms with Crippen LogP contribution in [0.15, 0.2) is 23.1 Å². The van der Waals surface area contributed by atoms with Crippen molar-refractivity contribution in [2.75, 3.05) is 0 Å². The van der Waals surface area contributed by atoms with Crippen LogP contribution >= 0.6 is 0 Å². The van der Waals surface area contributed by atoms with Crippen molar-refractivity contribution in [3.05, 3.63) is 45.2 Å². The second kappa shape index (κ2) is 4.03. The van der Waals surface area contributed by atoms with Gasteiger partial charge in [0.25, 0.3) is 5.91 Å². The van der Waals surface area contributed by atoms with Gasteiger partial charge in [-0.3, -0.25) is 15.0 Å². The molecule has 88 valence electrons. The Labute approximate surface area is 97.6 Å². The number of carbonyl (C=O) groups is 1. The lowest BCUT2D eigenvalue weighted by atomic mass is 10.0. The monoisotopic (exact) mass is 231 g/mol. The molecule has 0 bridgehead atoms. The van der Waals surface area contributed by atoms with Gasteiger partial charge in [0.15, 0.2) is 0 Å². The number of aromatic amines is 1. The van der Waals surface area contributed by atoms with Crippen molar-refractivity contribution in [1.82, 2.24) is 10.4 Å². The van der Waals surface area contributed by atoms with Crippen LogP contribution in [0.5, 0.6) is 0 Å². The number of fused-ring (bicyclic) bond motifs is 1. The first kappa shape index (κ1) is 11.3. The van der Waals surface area contributed by atoms with Gasteiger partial charge in [-0.1, -0.05) is 6.07 Å². The SMILES string of the molecule is Cc1cc(C)c2[nH]cc(C(=O)NN)c(=O)c2c1. The van der Waals surface area contributed by atoms with Gasteiger partial charge in [-0.15, -0.1) is 0 Å². The molecule has 0 fully saturated rings. The fourth-order valence-electron chi connectivity index (χ4n) is 1.94. The number of benzene rings is 1. The van der Waals surface area contributed by atoms with E-state index in [-0.39, 0.29) is 11.0 Å². The third kappa shape index (κ3) is 1.81. The van der Waals surface area contributed by atoms with E-state index in [9.17, 15) is 9.59 Å². The molecule has 0 saturated carbocycles. The predicted octanol–water partition coefficient (Wildman–Crippen LogP) is 0.748. The van der Waals surface area contributed by atoms with Crippen LogP contribution in [-0.2, 0) is 0 Å². The zero-order valence-electron chi connectivity index (χ0n) is 9.63. The largest absolute Gasteiger partial charge is 0.360 e. The van der Waals surface area contributed by atoms with Crippen molar-refractivity contribution >= 4 is 16.8 Å². The molecule has 0 saturated heterocycles. The van der Waals surface area contributed by atoms with Crippen molar-refractivity contribution in [1.29, 1.82) is 0 Å². The third-order valence-corrected chi connectivity index (χ3v) is 2.71. The number of hydrogen-bond donors (Lipinski definition) is 3. The van der Waals surface area contributed by atoms with Gasteiger partial charge in [0.05, 0.1) is 5.52 Å². The Kier molecular flexibility index (Phi) is 2.69. The molecule has 0 spiro atoms. The number of pyridine rings is 1. The van der Waals surface area contributed by atoms with Gasteiger partial charge in [0, 0.05) is 11.6 Å². The lowest BCUT2D eigenvalue weighted by Crippen LogP contribution is -2.33. The summed E-state index contributed by atoms with van der Waals surface area (Å²) in [4.78, 5) is 26.4. The summed E-state index contributed by atoms with van der Waals surface area (Å²) in [5.41, 5.74) is 4.36. The molecule has 0 aliphatic rings. The van der Waals surface area contributed by atoms with E-state index < -0.39 is 5.91 Å². The topological polar surface area (TPSA) is 88.0 Å². The number of H-pyrrole nitrogens is 1. The number of amides is 1. The van der Waals surface area contributed by atoms with Gasteiger partial charge in [0.2, 0.25) is 5.43 Å². The van der Waals surface area contributed by atoms with Gasteiger partial charge >= 0.3 is 0 Å². The molecular formula is C12H13N3O2. The Hall–Kier alpha value is -2.14. The third-order valence-electron chi connectivity index (χ3n) is 2.71. The molecule has 5 nitrogen and oxygen atoms in total. The molecular weight excluding hydrogens is 218 g/mol. The molecule has 0 aliphatic heterocycles. The number of aromatic nitrogens is 1. The van der Waals surface area contributed by atoms with Crippen LogP contribution in [0.1, 0.15) is 21.5 Å². The number of carbonyl (C=O) groups excluding carboxylic acids is 1. The zero-order chi connectivity index (χ0) is 12.6. The summed E-state index contributed by atoms with van der Waals surface area (Å²) in [7, 11) is 0. The summed E-state index contributed by atoms with van der Waals surface area (Å²) in [6.07, 6.45) is 1.38. The minimum Gasteiger partial charge on any atom is -0.360 e. The van der Waals surface area contributed by atoms with Gasteiger partial charge in [0.1, 0.15) is 5.56 Å². The lowest BCUT2D eigenvalue weighted by molar-refractivity contribution is 0.0952. The Bertz CT molecular complexity index is 659.